The second-order valence-corrected chi connectivity index (χ2v) is 6.34. The van der Waals surface area contributed by atoms with Crippen LogP contribution in [-0.4, -0.2) is 19.1 Å². The fourth-order valence-corrected chi connectivity index (χ4v) is 3.96. The predicted molar refractivity (Wildman–Crippen MR) is 84.2 cm³/mol. The molecule has 2 saturated carbocycles. The van der Waals surface area contributed by atoms with Gasteiger partial charge in [0.2, 0.25) is 0 Å². The molecule has 0 aromatic heterocycles. The molecule has 0 saturated heterocycles. The number of nitrogens with one attached hydrogen (secondary N) is 1. The molecule has 0 radical (unpaired) electrons. The average Bonchev–Trinajstić information content (AvgIpc) is 3.08. The van der Waals surface area contributed by atoms with E-state index < -0.39 is 0 Å². The summed E-state index contributed by atoms with van der Waals surface area (Å²) in [6.45, 7) is 3.13. The van der Waals surface area contributed by atoms with Gasteiger partial charge in [0.15, 0.2) is 0 Å². The third-order valence-electron chi connectivity index (χ3n) is 4.98. The molecule has 1 aromatic carbocycles. The maximum atomic E-state index is 12.0. The lowest BCUT2D eigenvalue weighted by Crippen LogP contribution is -2.21. The van der Waals surface area contributed by atoms with Gasteiger partial charge in [0, 0.05) is 17.9 Å². The number of hydrogen-bond acceptors (Lipinski definition) is 4. The van der Waals surface area contributed by atoms with Crippen molar-refractivity contribution >= 4 is 17.3 Å². The summed E-state index contributed by atoms with van der Waals surface area (Å²) < 4.78 is 5.11. The van der Waals surface area contributed by atoms with Gasteiger partial charge in [-0.2, -0.15) is 0 Å². The van der Waals surface area contributed by atoms with E-state index in [1.54, 1.807) is 6.07 Å². The zero-order chi connectivity index (χ0) is 14.8. The first-order valence-electron chi connectivity index (χ1n) is 7.98. The van der Waals surface area contributed by atoms with Crippen LogP contribution in [0, 0.1) is 17.8 Å². The molecule has 4 heteroatoms. The van der Waals surface area contributed by atoms with Gasteiger partial charge in [-0.15, -0.1) is 0 Å². The Hall–Kier alpha value is -1.71. The van der Waals surface area contributed by atoms with Crippen molar-refractivity contribution in [3.8, 4) is 0 Å². The van der Waals surface area contributed by atoms with Crippen LogP contribution in [-0.2, 0) is 4.74 Å². The molecule has 3 atom stereocenters. The first-order chi connectivity index (χ1) is 10.2. The summed E-state index contributed by atoms with van der Waals surface area (Å²) in [6, 6.07) is 5.40. The highest BCUT2D eigenvalue weighted by Crippen LogP contribution is 2.48. The maximum Gasteiger partial charge on any atom is 0.340 e. The van der Waals surface area contributed by atoms with Crippen LogP contribution < -0.4 is 11.1 Å². The maximum absolute atomic E-state index is 12.0. The third-order valence-corrected chi connectivity index (χ3v) is 4.98. The zero-order valence-electron chi connectivity index (χ0n) is 12.6. The number of nitrogen functional groups attached to an aromatic ring is 1. The fourth-order valence-electron chi connectivity index (χ4n) is 3.96. The van der Waals surface area contributed by atoms with Gasteiger partial charge in [0.1, 0.15) is 0 Å². The van der Waals surface area contributed by atoms with Crippen LogP contribution in [0.4, 0.5) is 11.4 Å². The molecule has 3 N–H and O–H groups in total. The van der Waals surface area contributed by atoms with Crippen molar-refractivity contribution in [1.29, 1.82) is 0 Å². The molecule has 0 aliphatic heterocycles. The quantitative estimate of drug-likeness (QED) is 0.644. The van der Waals surface area contributed by atoms with Crippen molar-refractivity contribution in [2.45, 2.75) is 32.6 Å². The lowest BCUT2D eigenvalue weighted by molar-refractivity contribution is 0.0527. The Balaban J connectivity index is 1.68. The Kier molecular flexibility index (Phi) is 4.04. The van der Waals surface area contributed by atoms with Crippen LogP contribution in [0.15, 0.2) is 18.2 Å². The number of anilines is 2. The second kappa shape index (κ2) is 5.96. The van der Waals surface area contributed by atoms with E-state index in [2.05, 4.69) is 5.32 Å². The van der Waals surface area contributed by atoms with Crippen molar-refractivity contribution in [3.63, 3.8) is 0 Å². The predicted octanol–water partition coefficient (Wildman–Crippen LogP) is 3.29. The Labute approximate surface area is 126 Å². The normalized spacial score (nSPS) is 26.8. The largest absolute Gasteiger partial charge is 0.462 e. The van der Waals surface area contributed by atoms with Gasteiger partial charge in [-0.1, -0.05) is 6.42 Å². The molecule has 0 heterocycles. The summed E-state index contributed by atoms with van der Waals surface area (Å²) in [7, 11) is 0. The van der Waals surface area contributed by atoms with Crippen molar-refractivity contribution < 1.29 is 9.53 Å². The number of carbonyl (C=O) groups is 1. The molecule has 2 fully saturated rings. The molecule has 0 spiro atoms. The smallest absolute Gasteiger partial charge is 0.340 e. The lowest BCUT2D eigenvalue weighted by Gasteiger charge is -2.23. The van der Waals surface area contributed by atoms with Crippen molar-refractivity contribution in [2.75, 3.05) is 24.2 Å². The first-order valence-corrected chi connectivity index (χ1v) is 7.98. The standard InChI is InChI=1S/C17H24N2O2/c1-2-21-17(20)15-9-14(18)5-6-16(15)19-10-13-8-11-3-4-12(13)7-11/h5-6,9,11-13,19H,2-4,7-8,10,18H2,1H3. The molecule has 21 heavy (non-hydrogen) atoms. The van der Waals surface area contributed by atoms with Crippen LogP contribution in [0.5, 0.6) is 0 Å². The lowest BCUT2D eigenvalue weighted by atomic mass is 9.89. The SMILES string of the molecule is CCOC(=O)c1cc(N)ccc1NCC1CC2CCC1C2. The van der Waals surface area contributed by atoms with E-state index in [-0.39, 0.29) is 5.97 Å². The Morgan fingerprint density at radius 2 is 2.24 bits per heavy atom. The number of ether oxygens (including phenoxy) is 1. The average molecular weight is 288 g/mol. The van der Waals surface area contributed by atoms with Crippen LogP contribution in [0.1, 0.15) is 43.0 Å². The molecule has 1 aromatic rings. The van der Waals surface area contributed by atoms with E-state index in [9.17, 15) is 4.79 Å². The monoisotopic (exact) mass is 288 g/mol. The highest BCUT2D eigenvalue weighted by atomic mass is 16.5. The summed E-state index contributed by atoms with van der Waals surface area (Å²) in [4.78, 5) is 12.0. The van der Waals surface area contributed by atoms with Gasteiger partial charge in [-0.3, -0.25) is 0 Å². The Morgan fingerprint density at radius 1 is 1.38 bits per heavy atom. The van der Waals surface area contributed by atoms with Gasteiger partial charge < -0.3 is 15.8 Å². The van der Waals surface area contributed by atoms with E-state index in [1.165, 1.54) is 25.7 Å². The third kappa shape index (κ3) is 2.99. The molecule has 114 valence electrons. The van der Waals surface area contributed by atoms with Crippen molar-refractivity contribution in [1.82, 2.24) is 0 Å². The summed E-state index contributed by atoms with van der Waals surface area (Å²) in [5.74, 6) is 2.26. The number of carbonyl (C=O) groups excluding carboxylic acids is 1. The van der Waals surface area contributed by atoms with Crippen molar-refractivity contribution in [3.05, 3.63) is 23.8 Å². The molecule has 2 aliphatic carbocycles. The number of nitrogens with two attached hydrogens (primary N) is 1. The number of rotatable bonds is 5. The molecular weight excluding hydrogens is 264 g/mol. The summed E-state index contributed by atoms with van der Waals surface area (Å²) >= 11 is 0. The number of esters is 1. The summed E-state index contributed by atoms with van der Waals surface area (Å²) in [5.41, 5.74) is 7.76. The molecule has 3 rings (SSSR count). The summed E-state index contributed by atoms with van der Waals surface area (Å²) in [6.07, 6.45) is 5.53. The Morgan fingerprint density at radius 3 is 2.90 bits per heavy atom. The summed E-state index contributed by atoms with van der Waals surface area (Å²) in [5, 5.41) is 3.45. The topological polar surface area (TPSA) is 64.3 Å². The van der Waals surface area contributed by atoms with E-state index in [4.69, 9.17) is 10.5 Å². The van der Waals surface area contributed by atoms with Gasteiger partial charge in [0.05, 0.1) is 12.2 Å². The highest BCUT2D eigenvalue weighted by Gasteiger charge is 2.39. The molecule has 3 unspecified atom stereocenters. The van der Waals surface area contributed by atoms with E-state index in [0.29, 0.717) is 17.9 Å². The molecule has 4 nitrogen and oxygen atoms in total. The van der Waals surface area contributed by atoms with Gasteiger partial charge in [-0.05, 0) is 62.1 Å². The van der Waals surface area contributed by atoms with Crippen LogP contribution in [0.2, 0.25) is 0 Å². The van der Waals surface area contributed by atoms with Gasteiger partial charge in [0.25, 0.3) is 0 Å². The molecular formula is C17H24N2O2. The number of benzene rings is 1. The Bertz CT molecular complexity index is 530. The van der Waals surface area contributed by atoms with Crippen LogP contribution in [0.25, 0.3) is 0 Å². The molecule has 0 amide bonds. The fraction of sp³-hybridized carbons (Fsp3) is 0.588. The minimum absolute atomic E-state index is 0.305. The van der Waals surface area contributed by atoms with E-state index in [0.717, 1.165) is 30.0 Å². The van der Waals surface area contributed by atoms with Crippen LogP contribution in [0.3, 0.4) is 0 Å². The van der Waals surface area contributed by atoms with Crippen LogP contribution >= 0.6 is 0 Å². The highest BCUT2D eigenvalue weighted by molar-refractivity contribution is 5.96. The zero-order valence-corrected chi connectivity index (χ0v) is 12.6. The first kappa shape index (κ1) is 14.2. The van der Waals surface area contributed by atoms with Gasteiger partial charge >= 0.3 is 5.97 Å². The number of hydrogen-bond donors (Lipinski definition) is 2. The molecule has 2 aliphatic rings. The van der Waals surface area contributed by atoms with E-state index in [1.807, 2.05) is 19.1 Å². The van der Waals surface area contributed by atoms with Crippen molar-refractivity contribution in [2.24, 2.45) is 17.8 Å². The number of fused-ring (bicyclic) bond motifs is 2. The second-order valence-electron chi connectivity index (χ2n) is 6.34. The molecule has 2 bridgehead atoms. The minimum atomic E-state index is -0.305. The van der Waals surface area contributed by atoms with E-state index >= 15 is 0 Å². The van der Waals surface area contributed by atoms with Gasteiger partial charge in [-0.25, -0.2) is 4.79 Å². The minimum Gasteiger partial charge on any atom is -0.462 e.